The first kappa shape index (κ1) is 16.0. The van der Waals surface area contributed by atoms with Crippen molar-refractivity contribution in [3.8, 4) is 0 Å². The third-order valence-corrected chi connectivity index (χ3v) is 5.83. The zero-order chi connectivity index (χ0) is 14.8. The molecule has 1 N–H and O–H groups in total. The summed E-state index contributed by atoms with van der Waals surface area (Å²) in [4.78, 5) is 0.188. The van der Waals surface area contributed by atoms with Crippen LogP contribution in [0, 0.1) is 0 Å². The fourth-order valence-corrected chi connectivity index (χ4v) is 4.54. The van der Waals surface area contributed by atoms with Gasteiger partial charge in [0, 0.05) is 20.5 Å². The third-order valence-electron chi connectivity index (χ3n) is 2.59. The van der Waals surface area contributed by atoms with Crippen LogP contribution in [0.5, 0.6) is 0 Å². The van der Waals surface area contributed by atoms with Crippen molar-refractivity contribution in [1.82, 2.24) is 4.72 Å². The minimum absolute atomic E-state index is 0.143. The summed E-state index contributed by atoms with van der Waals surface area (Å²) >= 11 is 12.5. The molecule has 7 heteroatoms. The number of hydrogen-bond acceptors (Lipinski definition) is 2. The quantitative estimate of drug-likeness (QED) is 0.770. The Morgan fingerprint density at radius 3 is 2.45 bits per heavy atom. The molecule has 0 bridgehead atoms. The van der Waals surface area contributed by atoms with Crippen molar-refractivity contribution in [2.24, 2.45) is 0 Å². The van der Waals surface area contributed by atoms with Crippen molar-refractivity contribution >= 4 is 53.5 Å². The maximum absolute atomic E-state index is 12.2. The van der Waals surface area contributed by atoms with E-state index < -0.39 is 10.0 Å². The van der Waals surface area contributed by atoms with Crippen molar-refractivity contribution in [1.29, 1.82) is 0 Å². The van der Waals surface area contributed by atoms with Gasteiger partial charge in [0.2, 0.25) is 10.0 Å². The predicted molar refractivity (Wildman–Crippen MR) is 87.3 cm³/mol. The maximum atomic E-state index is 12.2. The lowest BCUT2D eigenvalue weighted by atomic mass is 10.2. The number of benzene rings is 2. The molecular formula is C13H10Br2ClNO2S. The highest BCUT2D eigenvalue weighted by Gasteiger charge is 2.17. The van der Waals surface area contributed by atoms with Gasteiger partial charge in [-0.25, -0.2) is 13.1 Å². The van der Waals surface area contributed by atoms with E-state index in [0.717, 1.165) is 10.0 Å². The summed E-state index contributed by atoms with van der Waals surface area (Å²) in [5, 5.41) is 0.532. The molecule has 2 aromatic rings. The Bertz CT molecular complexity index is 735. The summed E-state index contributed by atoms with van der Waals surface area (Å²) in [7, 11) is -3.60. The first-order chi connectivity index (χ1) is 9.40. The fraction of sp³-hybridized carbons (Fsp3) is 0.0769. The molecule has 2 rings (SSSR count). The number of nitrogens with one attached hydrogen (secondary N) is 1. The van der Waals surface area contributed by atoms with Gasteiger partial charge in [-0.15, -0.1) is 0 Å². The highest BCUT2D eigenvalue weighted by Crippen LogP contribution is 2.26. The third kappa shape index (κ3) is 3.83. The molecule has 0 saturated heterocycles. The van der Waals surface area contributed by atoms with Crippen LogP contribution in [-0.4, -0.2) is 8.42 Å². The Morgan fingerprint density at radius 1 is 1.10 bits per heavy atom. The van der Waals surface area contributed by atoms with Gasteiger partial charge in [0.25, 0.3) is 0 Å². The van der Waals surface area contributed by atoms with Crippen LogP contribution in [0.4, 0.5) is 0 Å². The van der Waals surface area contributed by atoms with E-state index >= 15 is 0 Å². The lowest BCUT2D eigenvalue weighted by molar-refractivity contribution is 0.581. The summed E-state index contributed by atoms with van der Waals surface area (Å²) in [6, 6.07) is 12.0. The monoisotopic (exact) mass is 437 g/mol. The molecule has 0 unspecified atom stereocenters. The summed E-state index contributed by atoms with van der Waals surface area (Å²) in [5.41, 5.74) is 0.728. The van der Waals surface area contributed by atoms with Crippen molar-refractivity contribution in [2.45, 2.75) is 11.4 Å². The molecule has 0 aliphatic heterocycles. The first-order valence-corrected chi connectivity index (χ1v) is 9.03. The van der Waals surface area contributed by atoms with Crippen LogP contribution in [0.25, 0.3) is 0 Å². The fourth-order valence-electron chi connectivity index (χ4n) is 1.59. The number of halogens is 3. The zero-order valence-corrected chi connectivity index (χ0v) is 14.9. The largest absolute Gasteiger partial charge is 0.241 e. The summed E-state index contributed by atoms with van der Waals surface area (Å²) < 4.78 is 28.3. The van der Waals surface area contributed by atoms with Crippen molar-refractivity contribution in [2.75, 3.05) is 0 Å². The lowest BCUT2D eigenvalue weighted by Crippen LogP contribution is -2.23. The summed E-state index contributed by atoms with van der Waals surface area (Å²) in [6.45, 7) is 0.143. The van der Waals surface area contributed by atoms with Gasteiger partial charge >= 0.3 is 0 Å². The zero-order valence-electron chi connectivity index (χ0n) is 10.1. The minimum atomic E-state index is -3.60. The van der Waals surface area contributed by atoms with Crippen molar-refractivity contribution in [3.63, 3.8) is 0 Å². The predicted octanol–water partition coefficient (Wildman–Crippen LogP) is 4.34. The van der Waals surface area contributed by atoms with E-state index in [2.05, 4.69) is 36.6 Å². The van der Waals surface area contributed by atoms with Gasteiger partial charge < -0.3 is 0 Å². The molecule has 0 aliphatic carbocycles. The van der Waals surface area contributed by atoms with Gasteiger partial charge in [-0.05, 0) is 45.8 Å². The van der Waals surface area contributed by atoms with Crippen molar-refractivity contribution in [3.05, 3.63) is 62.0 Å². The molecule has 2 aromatic carbocycles. The Labute approximate surface area is 139 Å². The number of rotatable bonds is 4. The highest BCUT2D eigenvalue weighted by atomic mass is 79.9. The molecule has 0 fully saturated rings. The van der Waals surface area contributed by atoms with Gasteiger partial charge in [0.1, 0.15) is 0 Å². The smallest absolute Gasteiger partial charge is 0.207 e. The van der Waals surface area contributed by atoms with Crippen LogP contribution in [0.3, 0.4) is 0 Å². The Balaban J connectivity index is 2.22. The van der Waals surface area contributed by atoms with Crippen LogP contribution in [0.15, 0.2) is 56.3 Å². The maximum Gasteiger partial charge on any atom is 0.241 e. The molecule has 0 saturated carbocycles. The second kappa shape index (κ2) is 6.58. The van der Waals surface area contributed by atoms with Gasteiger partial charge in [-0.2, -0.15) is 0 Å². The second-order valence-electron chi connectivity index (χ2n) is 3.99. The van der Waals surface area contributed by atoms with Gasteiger partial charge in [-0.1, -0.05) is 45.7 Å². The van der Waals surface area contributed by atoms with Gasteiger partial charge in [0.15, 0.2) is 0 Å². The average molecular weight is 440 g/mol. The topological polar surface area (TPSA) is 46.2 Å². The SMILES string of the molecule is O=S(=O)(NCc1ccccc1Cl)c1ccc(Br)cc1Br. The lowest BCUT2D eigenvalue weighted by Gasteiger charge is -2.09. The summed E-state index contributed by atoms with van der Waals surface area (Å²) in [6.07, 6.45) is 0. The van der Waals surface area contributed by atoms with E-state index in [1.54, 1.807) is 30.3 Å². The highest BCUT2D eigenvalue weighted by molar-refractivity contribution is 9.11. The van der Waals surface area contributed by atoms with E-state index in [-0.39, 0.29) is 11.4 Å². The standard InChI is InChI=1S/C13H10Br2ClNO2S/c14-10-5-6-13(11(15)7-10)20(18,19)17-8-9-3-1-2-4-12(9)16/h1-7,17H,8H2. The minimum Gasteiger partial charge on any atom is -0.207 e. The Morgan fingerprint density at radius 2 is 1.80 bits per heavy atom. The van der Waals surface area contributed by atoms with E-state index in [1.807, 2.05) is 6.07 Å². The van der Waals surface area contributed by atoms with E-state index in [4.69, 9.17) is 11.6 Å². The molecule has 0 spiro atoms. The number of hydrogen-bond donors (Lipinski definition) is 1. The average Bonchev–Trinajstić information content (AvgIpc) is 2.37. The molecule has 20 heavy (non-hydrogen) atoms. The molecule has 0 amide bonds. The van der Waals surface area contributed by atoms with Crippen LogP contribution < -0.4 is 4.72 Å². The van der Waals surface area contributed by atoms with Crippen LogP contribution in [-0.2, 0) is 16.6 Å². The molecular weight excluding hydrogens is 429 g/mol. The van der Waals surface area contributed by atoms with Crippen LogP contribution in [0.1, 0.15) is 5.56 Å². The second-order valence-corrected chi connectivity index (χ2v) is 7.90. The summed E-state index contributed by atoms with van der Waals surface area (Å²) in [5.74, 6) is 0. The van der Waals surface area contributed by atoms with Gasteiger partial charge in [-0.3, -0.25) is 0 Å². The van der Waals surface area contributed by atoms with Crippen molar-refractivity contribution < 1.29 is 8.42 Å². The Hall–Kier alpha value is -0.400. The Kier molecular flexibility index (Phi) is 5.25. The van der Waals surface area contributed by atoms with E-state index in [1.165, 1.54) is 6.07 Å². The van der Waals surface area contributed by atoms with Gasteiger partial charge in [0.05, 0.1) is 4.90 Å². The van der Waals surface area contributed by atoms with E-state index in [9.17, 15) is 8.42 Å². The molecule has 0 heterocycles. The van der Waals surface area contributed by atoms with Crippen LogP contribution in [0.2, 0.25) is 5.02 Å². The van der Waals surface area contributed by atoms with E-state index in [0.29, 0.717) is 9.50 Å². The number of sulfonamides is 1. The molecule has 0 radical (unpaired) electrons. The van der Waals surface area contributed by atoms with Crippen LogP contribution >= 0.6 is 43.5 Å². The first-order valence-electron chi connectivity index (χ1n) is 5.58. The molecule has 0 atom stereocenters. The molecule has 3 nitrogen and oxygen atoms in total. The molecule has 0 aromatic heterocycles. The normalized spacial score (nSPS) is 11.6. The molecule has 106 valence electrons. The molecule has 0 aliphatic rings.